The average Bonchev–Trinajstić information content (AvgIpc) is 3.10. The van der Waals surface area contributed by atoms with Gasteiger partial charge in [-0.05, 0) is 49.1 Å². The van der Waals surface area contributed by atoms with Gasteiger partial charge >= 0.3 is 0 Å². The Morgan fingerprint density at radius 1 is 1.18 bits per heavy atom. The number of allylic oxidation sites excluding steroid dienone is 1. The molecule has 0 spiro atoms. The number of carbonyl (C=O) groups excluding carboxylic acids is 2. The number of amides is 2. The normalized spacial score (nSPS) is 16.2. The summed E-state index contributed by atoms with van der Waals surface area (Å²) in [7, 11) is 0. The Balaban J connectivity index is 0.000000243. The molecule has 2 atom stereocenters. The molecular weight excluding hydrogens is 427 g/mol. The Morgan fingerprint density at radius 3 is 2.42 bits per heavy atom. The summed E-state index contributed by atoms with van der Waals surface area (Å²) in [4.78, 5) is 22.8. The van der Waals surface area contributed by atoms with E-state index in [1.165, 1.54) is 16.1 Å². The molecule has 6 heteroatoms. The van der Waals surface area contributed by atoms with Gasteiger partial charge in [-0.25, -0.2) is 5.01 Å². The van der Waals surface area contributed by atoms with Crippen molar-refractivity contribution in [3.05, 3.63) is 71.8 Å². The van der Waals surface area contributed by atoms with Gasteiger partial charge in [-0.15, -0.1) is 0 Å². The van der Waals surface area contributed by atoms with E-state index in [-0.39, 0.29) is 11.8 Å². The van der Waals surface area contributed by atoms with E-state index in [1.54, 1.807) is 19.1 Å². The lowest BCUT2D eigenvalue weighted by atomic mass is 9.98. The van der Waals surface area contributed by atoms with E-state index < -0.39 is 5.92 Å². The highest BCUT2D eigenvalue weighted by Crippen LogP contribution is 2.28. The first-order valence-electron chi connectivity index (χ1n) is 11.3. The third-order valence-corrected chi connectivity index (χ3v) is 5.74. The zero-order valence-electron chi connectivity index (χ0n) is 20.0. The van der Waals surface area contributed by atoms with Gasteiger partial charge in [-0.2, -0.15) is 0 Å². The quantitative estimate of drug-likeness (QED) is 0.426. The second-order valence-corrected chi connectivity index (χ2v) is 8.58. The summed E-state index contributed by atoms with van der Waals surface area (Å²) in [5.41, 5.74) is 6.75. The zero-order chi connectivity index (χ0) is 24.4. The molecule has 3 rings (SSSR count). The van der Waals surface area contributed by atoms with Gasteiger partial charge in [0.15, 0.2) is 0 Å². The molecule has 2 aromatic rings. The minimum Gasteiger partial charge on any atom is -0.494 e. The SMILES string of the molecule is C=Cc1c(C)ccc(OC[CH2][Al])c1/C=C\C(C)CC.CC1C(=O)NN(c2ccccc2)C1=O. The predicted molar refractivity (Wildman–Crippen MR) is 137 cm³/mol. The summed E-state index contributed by atoms with van der Waals surface area (Å²) in [5, 5.41) is 2.22. The Morgan fingerprint density at radius 2 is 1.88 bits per heavy atom. The number of nitrogens with zero attached hydrogens (tertiary/aromatic N) is 1. The first-order chi connectivity index (χ1) is 15.8. The molecule has 2 aromatic carbocycles. The van der Waals surface area contributed by atoms with Crippen LogP contribution in [-0.2, 0) is 9.59 Å². The van der Waals surface area contributed by atoms with Gasteiger partial charge in [-0.1, -0.05) is 74.6 Å². The topological polar surface area (TPSA) is 58.6 Å². The Labute approximate surface area is 205 Å². The number of hydrazine groups is 1. The summed E-state index contributed by atoms with van der Waals surface area (Å²) in [6.07, 6.45) is 7.48. The molecule has 0 saturated carbocycles. The summed E-state index contributed by atoms with van der Waals surface area (Å²) in [6, 6.07) is 13.2. The summed E-state index contributed by atoms with van der Waals surface area (Å²) in [5.74, 6) is 0.477. The lowest BCUT2D eigenvalue weighted by Crippen LogP contribution is -2.35. The second-order valence-electron chi connectivity index (χ2n) is 8.00. The molecule has 1 N–H and O–H groups in total. The molecule has 1 saturated heterocycles. The fourth-order valence-electron chi connectivity index (χ4n) is 3.20. The van der Waals surface area contributed by atoms with Crippen molar-refractivity contribution < 1.29 is 14.3 Å². The smallest absolute Gasteiger partial charge is 0.258 e. The maximum Gasteiger partial charge on any atom is 0.258 e. The number of anilines is 1. The lowest BCUT2D eigenvalue weighted by molar-refractivity contribution is -0.126. The van der Waals surface area contributed by atoms with Gasteiger partial charge in [0.25, 0.3) is 11.8 Å². The second kappa shape index (κ2) is 13.0. The monoisotopic (exact) mass is 460 g/mol. The maximum absolute atomic E-state index is 11.6. The van der Waals surface area contributed by atoms with Gasteiger partial charge < -0.3 is 4.74 Å². The van der Waals surface area contributed by atoms with E-state index in [2.05, 4.69) is 73.4 Å². The summed E-state index contributed by atoms with van der Waals surface area (Å²) in [6.45, 7) is 12.8. The molecule has 2 unspecified atom stereocenters. The highest BCUT2D eigenvalue weighted by atomic mass is 27.0. The molecule has 1 aliphatic heterocycles. The van der Waals surface area contributed by atoms with Crippen LogP contribution >= 0.6 is 0 Å². The largest absolute Gasteiger partial charge is 0.494 e. The van der Waals surface area contributed by atoms with Crippen LogP contribution in [0.1, 0.15) is 43.9 Å². The number of benzene rings is 2. The van der Waals surface area contributed by atoms with E-state index in [0.717, 1.165) is 23.0 Å². The molecule has 1 aliphatic rings. The van der Waals surface area contributed by atoms with Crippen molar-refractivity contribution in [2.45, 2.75) is 39.4 Å². The molecule has 2 amide bonds. The van der Waals surface area contributed by atoms with Crippen LogP contribution in [-0.4, -0.2) is 34.7 Å². The van der Waals surface area contributed by atoms with E-state index in [1.807, 2.05) is 24.3 Å². The Hall–Kier alpha value is -2.81. The molecule has 0 aromatic heterocycles. The summed E-state index contributed by atoms with van der Waals surface area (Å²) < 4.78 is 5.83. The minimum absolute atomic E-state index is 0.207. The zero-order valence-corrected chi connectivity index (χ0v) is 21.2. The van der Waals surface area contributed by atoms with E-state index in [9.17, 15) is 9.59 Å². The van der Waals surface area contributed by atoms with Crippen molar-refractivity contribution >= 4 is 45.9 Å². The average molecular weight is 461 g/mol. The van der Waals surface area contributed by atoms with Crippen LogP contribution in [0.5, 0.6) is 5.75 Å². The molecule has 33 heavy (non-hydrogen) atoms. The number of aryl methyl sites for hydroxylation is 1. The molecule has 5 nitrogen and oxygen atoms in total. The van der Waals surface area contributed by atoms with Crippen LogP contribution in [0.25, 0.3) is 12.2 Å². The third kappa shape index (κ3) is 7.09. The van der Waals surface area contributed by atoms with Crippen LogP contribution in [0.2, 0.25) is 5.28 Å². The van der Waals surface area contributed by atoms with Gasteiger partial charge in [0, 0.05) is 5.56 Å². The molecule has 172 valence electrons. The number of ether oxygens (including phenoxy) is 1. The standard InChI is InChI=1S/C17H23O.C10H10N2O2.Al/c1-6-13(4)9-11-16-15(7-2)14(5)10-12-17(16)18-8-3;1-7-9(13)11-12(10(7)14)8-5-3-2-4-6-8;/h7,9-13H,2-3,6,8H2,1,4-5H3;2-7H,1H3,(H,11,13);/b11-9-;;. The van der Waals surface area contributed by atoms with Crippen molar-refractivity contribution in [2.24, 2.45) is 11.8 Å². The molecule has 1 heterocycles. The number of nitrogens with one attached hydrogen (secondary N) is 1. The maximum atomic E-state index is 11.6. The Kier molecular flexibility index (Phi) is 10.4. The van der Waals surface area contributed by atoms with Gasteiger partial charge in [0.1, 0.15) is 28.0 Å². The van der Waals surface area contributed by atoms with Crippen LogP contribution in [0.3, 0.4) is 0 Å². The number of rotatable bonds is 8. The van der Waals surface area contributed by atoms with Gasteiger partial charge in [0.2, 0.25) is 0 Å². The van der Waals surface area contributed by atoms with E-state index >= 15 is 0 Å². The third-order valence-electron chi connectivity index (χ3n) is 5.50. The number of para-hydroxylation sites is 1. The molecular formula is C27H33AlN2O3. The molecule has 0 bridgehead atoms. The fourth-order valence-corrected chi connectivity index (χ4v) is 3.31. The molecule has 2 radical (unpaired) electrons. The molecule has 1 fully saturated rings. The minimum atomic E-state index is -0.588. The highest BCUT2D eigenvalue weighted by molar-refractivity contribution is 6.14. The highest BCUT2D eigenvalue weighted by Gasteiger charge is 2.36. The molecule has 0 aliphatic carbocycles. The summed E-state index contributed by atoms with van der Waals surface area (Å²) >= 11 is 2.69. The first kappa shape index (κ1) is 26.4. The number of carbonyl (C=O) groups is 2. The van der Waals surface area contributed by atoms with Gasteiger partial charge in [0.05, 0.1) is 12.3 Å². The van der Waals surface area contributed by atoms with E-state index in [4.69, 9.17) is 4.74 Å². The lowest BCUT2D eigenvalue weighted by Gasteiger charge is -2.14. The number of hydrogen-bond acceptors (Lipinski definition) is 3. The van der Waals surface area contributed by atoms with Crippen molar-refractivity contribution in [3.8, 4) is 5.75 Å². The van der Waals surface area contributed by atoms with Crippen LogP contribution in [0, 0.1) is 18.8 Å². The predicted octanol–water partition coefficient (Wildman–Crippen LogP) is 5.36. The van der Waals surface area contributed by atoms with Crippen LogP contribution in [0.15, 0.2) is 55.1 Å². The van der Waals surface area contributed by atoms with E-state index in [0.29, 0.717) is 18.2 Å². The van der Waals surface area contributed by atoms with Crippen molar-refractivity contribution in [1.29, 1.82) is 0 Å². The van der Waals surface area contributed by atoms with Crippen LogP contribution < -0.4 is 15.2 Å². The number of hydrogen-bond donors (Lipinski definition) is 1. The van der Waals surface area contributed by atoms with Crippen molar-refractivity contribution in [3.63, 3.8) is 0 Å². The van der Waals surface area contributed by atoms with Crippen molar-refractivity contribution in [1.82, 2.24) is 5.43 Å². The van der Waals surface area contributed by atoms with Crippen LogP contribution in [0.4, 0.5) is 5.69 Å². The van der Waals surface area contributed by atoms with Gasteiger partial charge in [-0.3, -0.25) is 15.0 Å². The van der Waals surface area contributed by atoms with Crippen molar-refractivity contribution in [2.75, 3.05) is 11.6 Å². The Bertz CT molecular complexity index is 988. The first-order valence-corrected chi connectivity index (χ1v) is 12.1. The fraction of sp³-hybridized carbons (Fsp3) is 0.333.